The molecule has 0 saturated carbocycles. The second-order valence-electron chi connectivity index (χ2n) is 13.0. The highest BCUT2D eigenvalue weighted by Gasteiger charge is 2.71. The number of rotatable bonds is 6. The lowest BCUT2D eigenvalue weighted by molar-refractivity contribution is -0.161. The van der Waals surface area contributed by atoms with Crippen LogP contribution in [0.2, 0.25) is 0 Å². The number of benzene rings is 2. The van der Waals surface area contributed by atoms with Gasteiger partial charge in [0.15, 0.2) is 0 Å². The van der Waals surface area contributed by atoms with Crippen molar-refractivity contribution >= 4 is 29.4 Å². The molecule has 7 atom stereocenters. The number of amides is 3. The van der Waals surface area contributed by atoms with Gasteiger partial charge in [-0.05, 0) is 62.8 Å². The van der Waals surface area contributed by atoms with Crippen LogP contribution in [0.3, 0.4) is 0 Å². The molecule has 0 aliphatic carbocycles. The number of likely N-dealkylation sites (tertiary alicyclic amines) is 1. The average Bonchev–Trinajstić information content (AvgIpc) is 3.43. The van der Waals surface area contributed by atoms with Gasteiger partial charge in [0.1, 0.15) is 23.7 Å². The maximum Gasteiger partial charge on any atom is 0.313 e. The molecule has 2 aromatic rings. The van der Waals surface area contributed by atoms with Crippen LogP contribution < -0.4 is 10.2 Å². The Morgan fingerprint density at radius 1 is 1.00 bits per heavy atom. The number of nitrogens with one attached hydrogen (secondary N) is 1. The van der Waals surface area contributed by atoms with Crippen molar-refractivity contribution < 1.29 is 33.8 Å². The number of carbonyl (C=O) groups is 4. The number of fused-ring (bicyclic) bond motifs is 2. The molecule has 0 bridgehead atoms. The lowest BCUT2D eigenvalue weighted by Crippen LogP contribution is -2.55. The molecular formula is C37H43N3O7. The van der Waals surface area contributed by atoms with E-state index in [0.717, 1.165) is 16.8 Å². The first-order valence-corrected chi connectivity index (χ1v) is 16.5. The predicted molar refractivity (Wildman–Crippen MR) is 175 cm³/mol. The largest absolute Gasteiger partial charge is 0.455 e. The quantitative estimate of drug-likeness (QED) is 0.280. The van der Waals surface area contributed by atoms with Crippen LogP contribution >= 0.6 is 0 Å². The normalized spacial score (nSPS) is 31.6. The Kier molecular flexibility index (Phi) is 9.34. The van der Waals surface area contributed by atoms with E-state index in [2.05, 4.69) is 5.32 Å². The molecule has 1 spiro atoms. The number of esters is 1. The van der Waals surface area contributed by atoms with Crippen molar-refractivity contribution in [3.8, 4) is 0 Å². The van der Waals surface area contributed by atoms with Crippen molar-refractivity contribution in [1.82, 2.24) is 10.2 Å². The summed E-state index contributed by atoms with van der Waals surface area (Å²) in [6.45, 7) is 6.16. The number of anilines is 1. The minimum atomic E-state index is -1.43. The van der Waals surface area contributed by atoms with Gasteiger partial charge in [0.2, 0.25) is 11.8 Å². The molecule has 248 valence electrons. The molecule has 4 aliphatic rings. The first-order chi connectivity index (χ1) is 22.7. The molecular weight excluding hydrogens is 598 g/mol. The van der Waals surface area contributed by atoms with E-state index in [1.165, 1.54) is 0 Å². The standard InChI is InChI=1S/C37H43N3O7/c1-23-16-17-24(2)27(22-23)39-20-11-18-37-31(34(43)40(19-9-10-21-41)33(37)35(39)44)30-28(47-37)14-7-8-15-29(42)38-25(3)32(46-36(30)45)26-12-5-4-6-13-26/h4-7,11-14,16-18,22,25,28,30-33,41H,8-10,15,19-21H2,1-3H3,(H,38,42)/b14-7-/t25-,28-,30+,31+,32+,33-,37+/m0/s1. The van der Waals surface area contributed by atoms with Gasteiger partial charge >= 0.3 is 5.97 Å². The zero-order chi connectivity index (χ0) is 33.3. The van der Waals surface area contributed by atoms with Gasteiger partial charge in [-0.3, -0.25) is 19.2 Å². The lowest BCUT2D eigenvalue weighted by atomic mass is 9.77. The van der Waals surface area contributed by atoms with Gasteiger partial charge in [-0.1, -0.05) is 66.8 Å². The van der Waals surface area contributed by atoms with Crippen LogP contribution in [0.5, 0.6) is 0 Å². The molecule has 4 heterocycles. The van der Waals surface area contributed by atoms with Gasteiger partial charge < -0.3 is 29.7 Å². The lowest BCUT2D eigenvalue weighted by Gasteiger charge is -2.35. The van der Waals surface area contributed by atoms with Crippen molar-refractivity contribution in [3.63, 3.8) is 0 Å². The molecule has 0 radical (unpaired) electrons. The Labute approximate surface area is 275 Å². The van der Waals surface area contributed by atoms with E-state index in [1.54, 1.807) is 28.9 Å². The minimum Gasteiger partial charge on any atom is -0.455 e. The van der Waals surface area contributed by atoms with Gasteiger partial charge in [0.05, 0.1) is 18.1 Å². The van der Waals surface area contributed by atoms with Gasteiger partial charge in [0.25, 0.3) is 5.91 Å². The Balaban J connectivity index is 1.44. The molecule has 6 rings (SSSR count). The van der Waals surface area contributed by atoms with Crippen LogP contribution in [0.25, 0.3) is 0 Å². The Morgan fingerprint density at radius 2 is 1.79 bits per heavy atom. The van der Waals surface area contributed by atoms with Crippen molar-refractivity contribution in [1.29, 1.82) is 0 Å². The van der Waals surface area contributed by atoms with E-state index in [-0.39, 0.29) is 43.8 Å². The number of aryl methyl sites for hydroxylation is 2. The second kappa shape index (κ2) is 13.4. The van der Waals surface area contributed by atoms with Gasteiger partial charge in [0, 0.05) is 31.8 Å². The monoisotopic (exact) mass is 641 g/mol. The third kappa shape index (κ3) is 6.00. The fourth-order valence-corrected chi connectivity index (χ4v) is 7.56. The molecule has 2 fully saturated rings. The van der Waals surface area contributed by atoms with E-state index in [9.17, 15) is 24.3 Å². The number of aliphatic hydroxyl groups excluding tert-OH is 1. The van der Waals surface area contributed by atoms with E-state index >= 15 is 0 Å². The fraction of sp³-hybridized carbons (Fsp3) is 0.459. The average molecular weight is 642 g/mol. The smallest absolute Gasteiger partial charge is 0.313 e. The molecule has 4 aliphatic heterocycles. The van der Waals surface area contributed by atoms with Crippen molar-refractivity contribution in [2.75, 3.05) is 24.6 Å². The summed E-state index contributed by atoms with van der Waals surface area (Å²) in [5.74, 6) is -3.50. The van der Waals surface area contributed by atoms with Crippen LogP contribution in [-0.2, 0) is 28.7 Å². The minimum absolute atomic E-state index is 0.0440. The van der Waals surface area contributed by atoms with E-state index in [4.69, 9.17) is 9.47 Å². The molecule has 3 amide bonds. The van der Waals surface area contributed by atoms with Crippen molar-refractivity contribution in [2.45, 2.75) is 76.3 Å². The summed E-state index contributed by atoms with van der Waals surface area (Å²) in [7, 11) is 0. The Hall–Kier alpha value is -4.28. The number of allylic oxidation sites excluding steroid dienone is 1. The van der Waals surface area contributed by atoms with Gasteiger partial charge in [-0.2, -0.15) is 0 Å². The fourth-order valence-electron chi connectivity index (χ4n) is 7.56. The number of hydrogen-bond donors (Lipinski definition) is 2. The summed E-state index contributed by atoms with van der Waals surface area (Å²) < 4.78 is 13.0. The highest BCUT2D eigenvalue weighted by atomic mass is 16.6. The topological polar surface area (TPSA) is 125 Å². The van der Waals surface area contributed by atoms with Crippen LogP contribution in [0, 0.1) is 25.7 Å². The predicted octanol–water partition coefficient (Wildman–Crippen LogP) is 3.70. The molecule has 10 heteroatoms. The summed E-state index contributed by atoms with van der Waals surface area (Å²) in [6, 6.07) is 13.6. The molecule has 2 aromatic carbocycles. The first kappa shape index (κ1) is 32.7. The molecule has 2 N–H and O–H groups in total. The zero-order valence-corrected chi connectivity index (χ0v) is 27.1. The van der Waals surface area contributed by atoms with Gasteiger partial charge in [-0.25, -0.2) is 0 Å². The second-order valence-corrected chi connectivity index (χ2v) is 13.0. The summed E-state index contributed by atoms with van der Waals surface area (Å²) in [5.41, 5.74) is 1.95. The molecule has 10 nitrogen and oxygen atoms in total. The third-order valence-electron chi connectivity index (χ3n) is 9.81. The highest BCUT2D eigenvalue weighted by Crippen LogP contribution is 2.53. The first-order valence-electron chi connectivity index (χ1n) is 16.5. The van der Waals surface area contributed by atoms with Crippen LogP contribution in [0.15, 0.2) is 72.8 Å². The SMILES string of the molecule is Cc1ccc(C)c(N2CC=C[C@@]34O[C@H]5/C=C\CCC(=O)N[C@@H](C)[C@H](c6ccccc6)OC(=O)[C@H]5[C@@H]3C(=O)N(CCCCO)[C@H]4C2=O)c1. The van der Waals surface area contributed by atoms with Crippen molar-refractivity contribution in [3.05, 3.63) is 89.5 Å². The summed E-state index contributed by atoms with van der Waals surface area (Å²) >= 11 is 0. The maximum atomic E-state index is 14.7. The number of aliphatic hydroxyl groups is 1. The number of cyclic esters (lactones) is 1. The number of ether oxygens (including phenoxy) is 2. The Morgan fingerprint density at radius 3 is 2.55 bits per heavy atom. The summed E-state index contributed by atoms with van der Waals surface area (Å²) in [5, 5.41) is 12.5. The number of hydrogen-bond acceptors (Lipinski definition) is 7. The third-order valence-corrected chi connectivity index (χ3v) is 9.81. The van der Waals surface area contributed by atoms with E-state index < -0.39 is 47.7 Å². The maximum absolute atomic E-state index is 14.7. The van der Waals surface area contributed by atoms with Gasteiger partial charge in [-0.15, -0.1) is 0 Å². The van der Waals surface area contributed by atoms with E-state index in [0.29, 0.717) is 24.8 Å². The Bertz CT molecular complexity index is 1590. The highest BCUT2D eigenvalue weighted by molar-refractivity contribution is 6.06. The number of nitrogens with zero attached hydrogens (tertiary/aromatic N) is 2. The number of unbranched alkanes of at least 4 members (excludes halogenated alkanes) is 1. The van der Waals surface area contributed by atoms with E-state index in [1.807, 2.05) is 74.5 Å². The molecule has 0 unspecified atom stereocenters. The van der Waals surface area contributed by atoms with Crippen molar-refractivity contribution in [2.24, 2.45) is 11.8 Å². The van der Waals surface area contributed by atoms with Crippen LogP contribution in [0.4, 0.5) is 5.69 Å². The molecule has 2 saturated heterocycles. The summed E-state index contributed by atoms with van der Waals surface area (Å²) in [4.78, 5) is 59.7. The van der Waals surface area contributed by atoms with Crippen LogP contribution in [0.1, 0.15) is 55.4 Å². The molecule has 47 heavy (non-hydrogen) atoms. The number of carbonyl (C=O) groups excluding carboxylic acids is 4. The zero-order valence-electron chi connectivity index (χ0n) is 27.1. The van der Waals surface area contributed by atoms with Crippen LogP contribution in [-0.4, -0.2) is 77.2 Å². The molecule has 0 aromatic heterocycles. The summed E-state index contributed by atoms with van der Waals surface area (Å²) in [6.07, 6.45) is 7.10.